The van der Waals surface area contributed by atoms with Crippen molar-refractivity contribution in [2.45, 2.75) is 63.4 Å². The minimum atomic E-state index is -0.899. The Bertz CT molecular complexity index is 958. The van der Waals surface area contributed by atoms with E-state index in [-0.39, 0.29) is 12.1 Å². The number of aryl methyl sites for hydroxylation is 1. The first-order valence-corrected chi connectivity index (χ1v) is 11.2. The molecule has 2 bridgehead atoms. The van der Waals surface area contributed by atoms with Gasteiger partial charge in [-0.25, -0.2) is 14.6 Å². The summed E-state index contributed by atoms with van der Waals surface area (Å²) in [6, 6.07) is 3.82. The highest BCUT2D eigenvalue weighted by atomic mass is 16.5. The van der Waals surface area contributed by atoms with E-state index in [0.717, 1.165) is 62.9 Å². The van der Waals surface area contributed by atoms with Gasteiger partial charge in [0.2, 0.25) is 5.95 Å². The fraction of sp³-hybridized carbons (Fsp3) is 0.636. The average molecular weight is 427 g/mol. The number of morpholine rings is 1. The third kappa shape index (κ3) is 4.35. The first-order chi connectivity index (χ1) is 15.0. The molecule has 2 unspecified atom stereocenters. The highest BCUT2D eigenvalue weighted by Crippen LogP contribution is 2.42. The minimum absolute atomic E-state index is 0.161. The Morgan fingerprint density at radius 2 is 1.81 bits per heavy atom. The first kappa shape index (κ1) is 20.5. The maximum atomic E-state index is 12.2. The second-order valence-corrected chi connectivity index (χ2v) is 9.15. The summed E-state index contributed by atoms with van der Waals surface area (Å²) >= 11 is 0. The van der Waals surface area contributed by atoms with Crippen molar-refractivity contribution in [3.05, 3.63) is 46.1 Å². The second-order valence-electron chi connectivity index (χ2n) is 9.15. The molecular weight excluding hydrogens is 396 g/mol. The Kier molecular flexibility index (Phi) is 5.49. The number of ether oxygens (including phenoxy) is 1. The zero-order valence-corrected chi connectivity index (χ0v) is 18.0. The molecule has 3 fully saturated rings. The van der Waals surface area contributed by atoms with Crippen molar-refractivity contribution in [1.82, 2.24) is 24.6 Å². The molecule has 0 amide bonds. The van der Waals surface area contributed by atoms with Crippen molar-refractivity contribution >= 4 is 5.95 Å². The number of fused-ring (bicyclic) bond motifs is 2. The molecule has 5 heterocycles. The van der Waals surface area contributed by atoms with Crippen LogP contribution in [-0.2, 0) is 17.8 Å². The maximum absolute atomic E-state index is 12.2. The summed E-state index contributed by atoms with van der Waals surface area (Å²) in [6.07, 6.45) is 7.28. The molecule has 2 atom stereocenters. The van der Waals surface area contributed by atoms with Crippen LogP contribution in [0.25, 0.3) is 0 Å². The lowest BCUT2D eigenvalue weighted by Crippen LogP contribution is -2.53. The van der Waals surface area contributed by atoms with Gasteiger partial charge in [-0.1, -0.05) is 0 Å². The van der Waals surface area contributed by atoms with Gasteiger partial charge in [-0.15, -0.1) is 0 Å². The molecule has 3 saturated heterocycles. The molecule has 1 N–H and O–H groups in total. The molecule has 2 aromatic rings. The van der Waals surface area contributed by atoms with Crippen LogP contribution in [0, 0.1) is 6.92 Å². The van der Waals surface area contributed by atoms with Crippen LogP contribution in [0.3, 0.4) is 0 Å². The van der Waals surface area contributed by atoms with Crippen LogP contribution in [0.15, 0.2) is 29.3 Å². The third-order valence-electron chi connectivity index (χ3n) is 6.80. The summed E-state index contributed by atoms with van der Waals surface area (Å²) in [7, 11) is 0. The van der Waals surface area contributed by atoms with Crippen molar-refractivity contribution in [2.24, 2.45) is 0 Å². The molecule has 9 nitrogen and oxygen atoms in total. The average Bonchev–Trinajstić information content (AvgIpc) is 3.01. The number of anilines is 1. The molecule has 0 saturated carbocycles. The van der Waals surface area contributed by atoms with Gasteiger partial charge < -0.3 is 14.7 Å². The van der Waals surface area contributed by atoms with Gasteiger partial charge in [-0.3, -0.25) is 9.69 Å². The van der Waals surface area contributed by atoms with Crippen LogP contribution < -0.4 is 10.5 Å². The number of hydrogen-bond donors (Lipinski definition) is 1. The Hall–Kier alpha value is -2.36. The van der Waals surface area contributed by atoms with Gasteiger partial charge in [-0.2, -0.15) is 5.10 Å². The smallest absolute Gasteiger partial charge is 0.266 e. The fourth-order valence-electron chi connectivity index (χ4n) is 5.31. The van der Waals surface area contributed by atoms with Crippen molar-refractivity contribution in [3.63, 3.8) is 0 Å². The molecule has 3 aliphatic rings. The third-order valence-corrected chi connectivity index (χ3v) is 6.80. The Morgan fingerprint density at radius 3 is 2.48 bits per heavy atom. The number of nitrogens with zero attached hydrogens (tertiary/aromatic N) is 6. The largest absolute Gasteiger partial charge is 0.388 e. The van der Waals surface area contributed by atoms with Crippen molar-refractivity contribution in [1.29, 1.82) is 0 Å². The van der Waals surface area contributed by atoms with Gasteiger partial charge in [0.1, 0.15) is 0 Å². The summed E-state index contributed by atoms with van der Waals surface area (Å²) in [5, 5.41) is 15.6. The summed E-state index contributed by atoms with van der Waals surface area (Å²) < 4.78 is 6.81. The zero-order valence-electron chi connectivity index (χ0n) is 18.0. The Balaban J connectivity index is 1.25. The summed E-state index contributed by atoms with van der Waals surface area (Å²) in [4.78, 5) is 26.0. The molecule has 9 heteroatoms. The highest BCUT2D eigenvalue weighted by molar-refractivity contribution is 5.30. The number of rotatable bonds is 5. The normalized spacial score (nSPS) is 28.8. The molecule has 0 radical (unpaired) electrons. The van der Waals surface area contributed by atoms with Crippen LogP contribution in [0.1, 0.15) is 36.9 Å². The molecule has 0 aliphatic carbocycles. The lowest BCUT2D eigenvalue weighted by molar-refractivity contribution is -0.0678. The van der Waals surface area contributed by atoms with E-state index >= 15 is 0 Å². The van der Waals surface area contributed by atoms with Crippen LogP contribution >= 0.6 is 0 Å². The van der Waals surface area contributed by atoms with E-state index in [9.17, 15) is 9.90 Å². The van der Waals surface area contributed by atoms with E-state index in [1.165, 1.54) is 10.7 Å². The number of piperidine rings is 1. The summed E-state index contributed by atoms with van der Waals surface area (Å²) in [6.45, 7) is 5.99. The van der Waals surface area contributed by atoms with Gasteiger partial charge in [0, 0.05) is 55.7 Å². The zero-order chi connectivity index (χ0) is 21.4. The SMILES string of the molecule is Cc1ccc(=O)n(CC2(O)CC3CCC(C2)N3Cc2cnc(N3CCOCC3)nc2)n1. The van der Waals surface area contributed by atoms with Crippen LogP contribution in [-0.4, -0.2) is 73.7 Å². The van der Waals surface area contributed by atoms with E-state index in [4.69, 9.17) is 4.74 Å². The minimum Gasteiger partial charge on any atom is -0.388 e. The lowest BCUT2D eigenvalue weighted by atomic mass is 9.85. The fourth-order valence-corrected chi connectivity index (χ4v) is 5.31. The lowest BCUT2D eigenvalue weighted by Gasteiger charge is -2.43. The van der Waals surface area contributed by atoms with E-state index in [0.29, 0.717) is 24.9 Å². The quantitative estimate of drug-likeness (QED) is 0.748. The summed E-state index contributed by atoms with van der Waals surface area (Å²) in [5.41, 5.74) is 0.815. The van der Waals surface area contributed by atoms with E-state index in [1.54, 1.807) is 6.07 Å². The van der Waals surface area contributed by atoms with Gasteiger partial charge in [0.25, 0.3) is 5.56 Å². The highest BCUT2D eigenvalue weighted by Gasteiger charge is 2.47. The number of aliphatic hydroxyl groups is 1. The number of aromatic nitrogens is 4. The molecule has 166 valence electrons. The van der Waals surface area contributed by atoms with Crippen LogP contribution in [0.2, 0.25) is 0 Å². The predicted molar refractivity (Wildman–Crippen MR) is 115 cm³/mol. The van der Waals surface area contributed by atoms with Gasteiger partial charge >= 0.3 is 0 Å². The van der Waals surface area contributed by atoms with Gasteiger partial charge in [0.05, 0.1) is 31.1 Å². The molecule has 5 rings (SSSR count). The van der Waals surface area contributed by atoms with Crippen LogP contribution in [0.4, 0.5) is 5.95 Å². The standard InChI is InChI=1S/C22H30N6O3/c1-16-2-5-20(29)28(25-16)15-22(30)10-18-3-4-19(11-22)27(18)14-17-12-23-21(24-13-17)26-6-8-31-9-7-26/h2,5,12-13,18-19,30H,3-4,6-11,14-15H2,1H3. The van der Waals surface area contributed by atoms with E-state index in [2.05, 4.69) is 24.9 Å². The molecular formula is C22H30N6O3. The van der Waals surface area contributed by atoms with Gasteiger partial charge in [0.15, 0.2) is 0 Å². The van der Waals surface area contributed by atoms with Crippen molar-refractivity contribution < 1.29 is 9.84 Å². The number of hydrogen-bond acceptors (Lipinski definition) is 8. The van der Waals surface area contributed by atoms with E-state index < -0.39 is 5.60 Å². The molecule has 2 aromatic heterocycles. The monoisotopic (exact) mass is 426 g/mol. The topological polar surface area (TPSA) is 96.6 Å². The van der Waals surface area contributed by atoms with E-state index in [1.807, 2.05) is 19.3 Å². The molecule has 0 spiro atoms. The molecule has 0 aromatic carbocycles. The van der Waals surface area contributed by atoms with Crippen LogP contribution in [0.5, 0.6) is 0 Å². The summed E-state index contributed by atoms with van der Waals surface area (Å²) in [5.74, 6) is 0.763. The molecule has 3 aliphatic heterocycles. The van der Waals surface area contributed by atoms with Crippen molar-refractivity contribution in [3.8, 4) is 0 Å². The molecule has 31 heavy (non-hydrogen) atoms. The maximum Gasteiger partial charge on any atom is 0.266 e. The Morgan fingerprint density at radius 1 is 1.13 bits per heavy atom. The Labute approximate surface area is 181 Å². The first-order valence-electron chi connectivity index (χ1n) is 11.2. The van der Waals surface area contributed by atoms with Gasteiger partial charge in [-0.05, 0) is 38.7 Å². The predicted octanol–water partition coefficient (Wildman–Crippen LogP) is 0.736. The van der Waals surface area contributed by atoms with Crippen molar-refractivity contribution in [2.75, 3.05) is 31.2 Å². The second kappa shape index (κ2) is 8.29.